The van der Waals surface area contributed by atoms with Gasteiger partial charge in [-0.15, -0.1) is 11.3 Å². The lowest BCUT2D eigenvalue weighted by Crippen LogP contribution is -2.48. The van der Waals surface area contributed by atoms with E-state index < -0.39 is 10.0 Å². The van der Waals surface area contributed by atoms with Crippen molar-refractivity contribution in [3.8, 4) is 11.5 Å². The van der Waals surface area contributed by atoms with Gasteiger partial charge in [-0.3, -0.25) is 4.79 Å². The van der Waals surface area contributed by atoms with Crippen LogP contribution in [0, 0.1) is 12.8 Å². The van der Waals surface area contributed by atoms with Crippen molar-refractivity contribution >= 4 is 27.3 Å². The summed E-state index contributed by atoms with van der Waals surface area (Å²) >= 11 is 1.67. The van der Waals surface area contributed by atoms with Crippen LogP contribution in [0.4, 0.5) is 0 Å². The van der Waals surface area contributed by atoms with Crippen molar-refractivity contribution in [2.45, 2.75) is 38.1 Å². The lowest BCUT2D eigenvalue weighted by Gasteiger charge is -2.37. The number of hydrogen-bond donors (Lipinski definition) is 0. The van der Waals surface area contributed by atoms with Crippen LogP contribution in [0.1, 0.15) is 35.9 Å². The molecule has 198 valence electrons. The van der Waals surface area contributed by atoms with Gasteiger partial charge >= 0.3 is 0 Å². The van der Waals surface area contributed by atoms with E-state index in [-0.39, 0.29) is 42.5 Å². The molecule has 0 saturated heterocycles. The largest absolute Gasteiger partial charge is 0.493 e. The van der Waals surface area contributed by atoms with Crippen LogP contribution in [-0.2, 0) is 21.2 Å². The first-order valence-corrected chi connectivity index (χ1v) is 14.7. The molecule has 0 spiro atoms. The first-order chi connectivity index (χ1) is 17.7. The number of ether oxygens (including phenoxy) is 2. The molecule has 37 heavy (non-hydrogen) atoms. The molecule has 2 heterocycles. The fourth-order valence-corrected chi connectivity index (χ4v) is 7.02. The SMILES string of the molecule is COc1ccccc1OCC1c2ccsc2CCN1C(=O)CN(CC(C)C)S(=O)(=O)c1ccc(C)cc1. The molecule has 0 saturated carbocycles. The quantitative estimate of drug-likeness (QED) is 0.364. The highest BCUT2D eigenvalue weighted by Gasteiger charge is 2.35. The highest BCUT2D eigenvalue weighted by molar-refractivity contribution is 7.89. The number of nitrogens with zero attached hydrogens (tertiary/aromatic N) is 2. The van der Waals surface area contributed by atoms with Gasteiger partial charge in [0.05, 0.1) is 24.6 Å². The van der Waals surface area contributed by atoms with E-state index in [1.165, 1.54) is 9.18 Å². The van der Waals surface area contributed by atoms with Crippen molar-refractivity contribution in [1.82, 2.24) is 9.21 Å². The molecule has 3 aromatic rings. The van der Waals surface area contributed by atoms with E-state index in [1.54, 1.807) is 47.6 Å². The second-order valence-electron chi connectivity index (χ2n) is 9.62. The maximum Gasteiger partial charge on any atom is 0.243 e. The van der Waals surface area contributed by atoms with Crippen LogP contribution in [0.25, 0.3) is 0 Å². The number of benzene rings is 2. The predicted molar refractivity (Wildman–Crippen MR) is 146 cm³/mol. The summed E-state index contributed by atoms with van der Waals surface area (Å²) < 4.78 is 39.9. The van der Waals surface area contributed by atoms with Crippen LogP contribution in [0.3, 0.4) is 0 Å². The van der Waals surface area contributed by atoms with E-state index >= 15 is 0 Å². The minimum absolute atomic E-state index is 0.0579. The summed E-state index contributed by atoms with van der Waals surface area (Å²) in [6, 6.07) is 15.9. The van der Waals surface area contributed by atoms with Crippen LogP contribution >= 0.6 is 11.3 Å². The number of rotatable bonds is 10. The van der Waals surface area contributed by atoms with Gasteiger partial charge in [0.15, 0.2) is 11.5 Å². The van der Waals surface area contributed by atoms with Gasteiger partial charge in [0, 0.05) is 18.0 Å². The maximum atomic E-state index is 13.7. The molecule has 1 amide bonds. The van der Waals surface area contributed by atoms with E-state index in [0.29, 0.717) is 18.0 Å². The van der Waals surface area contributed by atoms with E-state index in [1.807, 2.05) is 56.5 Å². The fraction of sp³-hybridized carbons (Fsp3) is 0.393. The normalized spacial score (nSPS) is 15.6. The van der Waals surface area contributed by atoms with E-state index in [2.05, 4.69) is 0 Å². The highest BCUT2D eigenvalue weighted by Crippen LogP contribution is 2.35. The Hall–Kier alpha value is -2.88. The van der Waals surface area contributed by atoms with Gasteiger partial charge in [-0.05, 0) is 60.5 Å². The molecule has 1 aliphatic rings. The number of methoxy groups -OCH3 is 1. The van der Waals surface area contributed by atoms with Crippen molar-refractivity contribution in [2.24, 2.45) is 5.92 Å². The third-order valence-corrected chi connectivity index (χ3v) is 9.24. The number of carbonyl (C=O) groups is 1. The summed E-state index contributed by atoms with van der Waals surface area (Å²) in [4.78, 5) is 16.9. The Balaban J connectivity index is 1.58. The smallest absolute Gasteiger partial charge is 0.243 e. The van der Waals surface area contributed by atoms with Gasteiger partial charge in [0.2, 0.25) is 15.9 Å². The Bertz CT molecular complexity index is 1320. The molecule has 0 N–H and O–H groups in total. The molecule has 0 fully saturated rings. The molecule has 0 radical (unpaired) electrons. The Labute approximate surface area is 223 Å². The summed E-state index contributed by atoms with van der Waals surface area (Å²) in [6.45, 7) is 6.58. The maximum absolute atomic E-state index is 13.7. The molecule has 2 aromatic carbocycles. The molecule has 0 bridgehead atoms. The van der Waals surface area contributed by atoms with Crippen molar-refractivity contribution in [3.63, 3.8) is 0 Å². The van der Waals surface area contributed by atoms with Crippen LogP contribution in [0.5, 0.6) is 11.5 Å². The number of amides is 1. The Morgan fingerprint density at radius 2 is 1.81 bits per heavy atom. The first kappa shape index (κ1) is 27.2. The van der Waals surface area contributed by atoms with Crippen molar-refractivity contribution < 1.29 is 22.7 Å². The van der Waals surface area contributed by atoms with E-state index in [9.17, 15) is 13.2 Å². The van der Waals surface area contributed by atoms with Crippen LogP contribution in [-0.4, -0.2) is 56.9 Å². The van der Waals surface area contributed by atoms with Crippen LogP contribution in [0.2, 0.25) is 0 Å². The minimum atomic E-state index is -3.84. The standard InChI is InChI=1S/C28H34N2O5S2/c1-20(2)17-29(37(32,33)22-11-9-21(3)10-12-22)18-28(31)30-15-13-27-23(14-16-36-27)24(30)19-35-26-8-6-5-7-25(26)34-4/h5-12,14,16,20,24H,13,15,17-19H2,1-4H3. The zero-order chi connectivity index (χ0) is 26.6. The predicted octanol–water partition coefficient (Wildman–Crippen LogP) is 4.92. The molecule has 4 rings (SSSR count). The van der Waals surface area contributed by atoms with Gasteiger partial charge < -0.3 is 14.4 Å². The van der Waals surface area contributed by atoms with Crippen LogP contribution < -0.4 is 9.47 Å². The van der Waals surface area contributed by atoms with Gasteiger partial charge in [-0.25, -0.2) is 8.42 Å². The average Bonchev–Trinajstić information content (AvgIpc) is 3.36. The molecule has 1 aromatic heterocycles. The van der Waals surface area contributed by atoms with E-state index in [0.717, 1.165) is 17.5 Å². The minimum Gasteiger partial charge on any atom is -0.493 e. The number of aryl methyl sites for hydroxylation is 1. The second-order valence-corrected chi connectivity index (χ2v) is 12.6. The number of sulfonamides is 1. The third-order valence-electron chi connectivity index (χ3n) is 6.42. The summed E-state index contributed by atoms with van der Waals surface area (Å²) in [5.41, 5.74) is 2.03. The molecule has 9 heteroatoms. The monoisotopic (exact) mass is 542 g/mol. The molecular formula is C28H34N2O5S2. The Morgan fingerprint density at radius 3 is 2.49 bits per heavy atom. The summed E-state index contributed by atoms with van der Waals surface area (Å²) in [7, 11) is -2.25. The third kappa shape index (κ3) is 6.17. The number of thiophene rings is 1. The molecule has 1 aliphatic heterocycles. The van der Waals surface area contributed by atoms with Crippen molar-refractivity contribution in [1.29, 1.82) is 0 Å². The van der Waals surface area contributed by atoms with Crippen molar-refractivity contribution in [3.05, 3.63) is 76.0 Å². The lowest BCUT2D eigenvalue weighted by molar-refractivity contribution is -0.135. The highest BCUT2D eigenvalue weighted by atomic mass is 32.2. The van der Waals surface area contributed by atoms with E-state index in [4.69, 9.17) is 9.47 Å². The second kappa shape index (κ2) is 11.7. The molecule has 0 aliphatic carbocycles. The number of carbonyl (C=O) groups excluding carboxylic acids is 1. The first-order valence-electron chi connectivity index (χ1n) is 12.4. The number of hydrogen-bond acceptors (Lipinski definition) is 6. The number of fused-ring (bicyclic) bond motifs is 1. The van der Waals surface area contributed by atoms with Crippen LogP contribution in [0.15, 0.2) is 64.9 Å². The summed E-state index contributed by atoms with van der Waals surface area (Å²) in [5, 5.41) is 2.03. The van der Waals surface area contributed by atoms with Gasteiger partial charge in [0.25, 0.3) is 0 Å². The van der Waals surface area contributed by atoms with Gasteiger partial charge in [-0.2, -0.15) is 4.31 Å². The van der Waals surface area contributed by atoms with Crippen molar-refractivity contribution in [2.75, 3.05) is 33.4 Å². The van der Waals surface area contributed by atoms with Gasteiger partial charge in [0.1, 0.15) is 6.61 Å². The zero-order valence-electron chi connectivity index (χ0n) is 21.7. The molecular weight excluding hydrogens is 508 g/mol. The summed E-state index contributed by atoms with van der Waals surface area (Å²) in [6.07, 6.45) is 0.735. The Kier molecular flexibility index (Phi) is 8.56. The Morgan fingerprint density at radius 1 is 1.11 bits per heavy atom. The summed E-state index contributed by atoms with van der Waals surface area (Å²) in [5.74, 6) is 1.04. The molecule has 7 nitrogen and oxygen atoms in total. The number of para-hydroxylation sites is 2. The average molecular weight is 543 g/mol. The lowest BCUT2D eigenvalue weighted by atomic mass is 10.0. The zero-order valence-corrected chi connectivity index (χ0v) is 23.3. The molecule has 1 atom stereocenters. The fourth-order valence-electron chi connectivity index (χ4n) is 4.54. The topological polar surface area (TPSA) is 76.2 Å². The molecule has 1 unspecified atom stereocenters. The van der Waals surface area contributed by atoms with Gasteiger partial charge in [-0.1, -0.05) is 43.7 Å².